The van der Waals surface area contributed by atoms with Crippen LogP contribution in [0.1, 0.15) is 12.8 Å². The van der Waals surface area contributed by atoms with E-state index >= 15 is 0 Å². The molecule has 0 spiro atoms. The zero-order chi connectivity index (χ0) is 12.0. The Balaban J connectivity index is 2.36. The van der Waals surface area contributed by atoms with Gasteiger partial charge in [0, 0.05) is 33.2 Å². The fourth-order valence-electron chi connectivity index (χ4n) is 1.93. The molecule has 0 saturated carbocycles. The Morgan fingerprint density at radius 2 is 2.25 bits per heavy atom. The highest BCUT2D eigenvalue weighted by molar-refractivity contribution is 5.77. The summed E-state index contributed by atoms with van der Waals surface area (Å²) in [6, 6.07) is 0.474. The zero-order valence-corrected chi connectivity index (χ0v) is 10.3. The largest absolute Gasteiger partial charge is 0.395 e. The van der Waals surface area contributed by atoms with Gasteiger partial charge in [-0.2, -0.15) is 0 Å². The first-order valence-corrected chi connectivity index (χ1v) is 5.90. The Labute approximate surface area is 97.4 Å². The molecule has 0 aliphatic carbocycles. The third kappa shape index (κ3) is 4.47. The molecule has 1 heterocycles. The maximum absolute atomic E-state index is 11.6. The van der Waals surface area contributed by atoms with Gasteiger partial charge in [0.1, 0.15) is 0 Å². The number of hydrogen-bond acceptors (Lipinski definition) is 4. The summed E-state index contributed by atoms with van der Waals surface area (Å²) < 4.78 is 0. The number of aliphatic hydroxyl groups is 1. The van der Waals surface area contributed by atoms with E-state index in [9.17, 15) is 4.79 Å². The lowest BCUT2D eigenvalue weighted by molar-refractivity contribution is -0.130. The molecule has 0 aromatic rings. The molecule has 0 aromatic carbocycles. The second kappa shape index (κ2) is 6.83. The minimum Gasteiger partial charge on any atom is -0.395 e. The van der Waals surface area contributed by atoms with E-state index in [2.05, 4.69) is 5.32 Å². The fourth-order valence-corrected chi connectivity index (χ4v) is 1.93. The van der Waals surface area contributed by atoms with Gasteiger partial charge in [0.2, 0.25) is 5.91 Å². The highest BCUT2D eigenvalue weighted by Crippen LogP contribution is 2.06. The first-order chi connectivity index (χ1) is 7.63. The van der Waals surface area contributed by atoms with Crippen LogP contribution in [0.3, 0.4) is 0 Å². The molecule has 1 aliphatic rings. The standard InChI is InChI=1S/C11H23N3O2/c1-13(2)11(16)9-14(6-7-15)8-10-4-3-5-12-10/h10,12,15H,3-9H2,1-2H3. The number of nitrogens with one attached hydrogen (secondary N) is 1. The van der Waals surface area contributed by atoms with E-state index in [0.29, 0.717) is 19.1 Å². The number of aliphatic hydroxyl groups excluding tert-OH is 1. The van der Waals surface area contributed by atoms with Crippen LogP contribution in [0, 0.1) is 0 Å². The van der Waals surface area contributed by atoms with Crippen molar-refractivity contribution in [3.8, 4) is 0 Å². The quantitative estimate of drug-likeness (QED) is 0.621. The SMILES string of the molecule is CN(C)C(=O)CN(CCO)CC1CCCN1. The van der Waals surface area contributed by atoms with Crippen molar-refractivity contribution in [2.24, 2.45) is 0 Å². The molecule has 1 atom stereocenters. The van der Waals surface area contributed by atoms with Crippen molar-refractivity contribution in [1.82, 2.24) is 15.1 Å². The van der Waals surface area contributed by atoms with Gasteiger partial charge in [-0.15, -0.1) is 0 Å². The normalized spacial score (nSPS) is 20.4. The lowest BCUT2D eigenvalue weighted by Crippen LogP contribution is -2.44. The minimum absolute atomic E-state index is 0.0893. The molecule has 1 unspecified atom stereocenters. The lowest BCUT2D eigenvalue weighted by Gasteiger charge is -2.25. The van der Waals surface area contributed by atoms with Crippen molar-refractivity contribution in [2.75, 3.05) is 46.9 Å². The molecule has 2 N–H and O–H groups in total. The second-order valence-electron chi connectivity index (χ2n) is 4.54. The van der Waals surface area contributed by atoms with Gasteiger partial charge < -0.3 is 15.3 Å². The molecule has 0 radical (unpaired) electrons. The van der Waals surface area contributed by atoms with Crippen LogP contribution in [0.2, 0.25) is 0 Å². The van der Waals surface area contributed by atoms with Gasteiger partial charge in [-0.05, 0) is 19.4 Å². The Kier molecular flexibility index (Phi) is 5.73. The Bertz CT molecular complexity index is 215. The third-order valence-electron chi connectivity index (χ3n) is 2.91. The summed E-state index contributed by atoms with van der Waals surface area (Å²) in [6.45, 7) is 2.98. The van der Waals surface area contributed by atoms with E-state index in [0.717, 1.165) is 19.5 Å². The lowest BCUT2D eigenvalue weighted by atomic mass is 10.2. The summed E-state index contributed by atoms with van der Waals surface area (Å²) in [4.78, 5) is 15.2. The van der Waals surface area contributed by atoms with E-state index < -0.39 is 0 Å². The van der Waals surface area contributed by atoms with Crippen LogP contribution in [-0.4, -0.2) is 73.7 Å². The number of nitrogens with zero attached hydrogens (tertiary/aromatic N) is 2. The van der Waals surface area contributed by atoms with Crippen molar-refractivity contribution < 1.29 is 9.90 Å². The molecule has 5 heteroatoms. The molecule has 1 rings (SSSR count). The average Bonchev–Trinajstić information content (AvgIpc) is 2.70. The number of rotatable bonds is 6. The highest BCUT2D eigenvalue weighted by Gasteiger charge is 2.19. The fraction of sp³-hybridized carbons (Fsp3) is 0.909. The number of carbonyl (C=O) groups is 1. The number of amides is 1. The summed E-state index contributed by atoms with van der Waals surface area (Å²) in [5.41, 5.74) is 0. The molecule has 5 nitrogen and oxygen atoms in total. The highest BCUT2D eigenvalue weighted by atomic mass is 16.3. The summed E-state index contributed by atoms with van der Waals surface area (Å²) in [5.74, 6) is 0.0893. The predicted octanol–water partition coefficient (Wildman–Crippen LogP) is -0.879. The summed E-state index contributed by atoms with van der Waals surface area (Å²) in [5, 5.41) is 12.4. The summed E-state index contributed by atoms with van der Waals surface area (Å²) in [7, 11) is 3.51. The van der Waals surface area contributed by atoms with E-state index in [1.54, 1.807) is 19.0 Å². The smallest absolute Gasteiger partial charge is 0.236 e. The third-order valence-corrected chi connectivity index (χ3v) is 2.91. The van der Waals surface area contributed by atoms with Gasteiger partial charge in [0.25, 0.3) is 0 Å². The first-order valence-electron chi connectivity index (χ1n) is 5.90. The molecule has 16 heavy (non-hydrogen) atoms. The van der Waals surface area contributed by atoms with Crippen molar-refractivity contribution in [2.45, 2.75) is 18.9 Å². The van der Waals surface area contributed by atoms with Gasteiger partial charge >= 0.3 is 0 Å². The second-order valence-corrected chi connectivity index (χ2v) is 4.54. The van der Waals surface area contributed by atoms with Crippen LogP contribution < -0.4 is 5.32 Å². The topological polar surface area (TPSA) is 55.8 Å². The van der Waals surface area contributed by atoms with Crippen LogP contribution in [0.4, 0.5) is 0 Å². The number of hydrogen-bond donors (Lipinski definition) is 2. The Morgan fingerprint density at radius 1 is 1.50 bits per heavy atom. The van der Waals surface area contributed by atoms with E-state index in [1.165, 1.54) is 6.42 Å². The van der Waals surface area contributed by atoms with Gasteiger partial charge in [-0.25, -0.2) is 0 Å². The van der Waals surface area contributed by atoms with Crippen molar-refractivity contribution >= 4 is 5.91 Å². The first kappa shape index (κ1) is 13.4. The summed E-state index contributed by atoms with van der Waals surface area (Å²) >= 11 is 0. The Morgan fingerprint density at radius 3 is 2.75 bits per heavy atom. The molecular weight excluding hydrogens is 206 g/mol. The van der Waals surface area contributed by atoms with Gasteiger partial charge in [-0.3, -0.25) is 9.69 Å². The van der Waals surface area contributed by atoms with Crippen LogP contribution >= 0.6 is 0 Å². The van der Waals surface area contributed by atoms with Crippen LogP contribution in [0.25, 0.3) is 0 Å². The Hall–Kier alpha value is -0.650. The molecular formula is C11H23N3O2. The molecule has 0 bridgehead atoms. The van der Waals surface area contributed by atoms with Crippen molar-refractivity contribution in [1.29, 1.82) is 0 Å². The molecule has 1 saturated heterocycles. The van der Waals surface area contributed by atoms with Gasteiger partial charge in [0.15, 0.2) is 0 Å². The number of carbonyl (C=O) groups excluding carboxylic acids is 1. The molecule has 0 aromatic heterocycles. The summed E-state index contributed by atoms with van der Waals surface area (Å²) in [6.07, 6.45) is 2.37. The van der Waals surface area contributed by atoms with Crippen LogP contribution in [-0.2, 0) is 4.79 Å². The van der Waals surface area contributed by atoms with Crippen LogP contribution in [0.15, 0.2) is 0 Å². The zero-order valence-electron chi connectivity index (χ0n) is 10.3. The van der Waals surface area contributed by atoms with Gasteiger partial charge in [0.05, 0.1) is 13.2 Å². The molecule has 1 fully saturated rings. The molecule has 94 valence electrons. The minimum atomic E-state index is 0.0893. The van der Waals surface area contributed by atoms with Crippen molar-refractivity contribution in [3.63, 3.8) is 0 Å². The maximum atomic E-state index is 11.6. The van der Waals surface area contributed by atoms with Gasteiger partial charge in [-0.1, -0.05) is 0 Å². The molecule has 1 aliphatic heterocycles. The van der Waals surface area contributed by atoms with Crippen molar-refractivity contribution in [3.05, 3.63) is 0 Å². The van der Waals surface area contributed by atoms with E-state index in [1.807, 2.05) is 4.90 Å². The average molecular weight is 229 g/mol. The monoisotopic (exact) mass is 229 g/mol. The maximum Gasteiger partial charge on any atom is 0.236 e. The number of likely N-dealkylation sites (N-methyl/N-ethyl adjacent to an activating group) is 1. The van der Waals surface area contributed by atoms with E-state index in [4.69, 9.17) is 5.11 Å². The van der Waals surface area contributed by atoms with E-state index in [-0.39, 0.29) is 12.5 Å². The van der Waals surface area contributed by atoms with Crippen LogP contribution in [0.5, 0.6) is 0 Å². The predicted molar refractivity (Wildman–Crippen MR) is 63.2 cm³/mol. The molecule has 1 amide bonds.